The third-order valence-corrected chi connectivity index (χ3v) is 4.16. The summed E-state index contributed by atoms with van der Waals surface area (Å²) in [5.74, 6) is 1.49. The van der Waals surface area contributed by atoms with E-state index in [4.69, 9.17) is 9.47 Å². The zero-order chi connectivity index (χ0) is 17.5. The number of para-hydroxylation sites is 1. The molecule has 3 aromatic rings. The molecule has 0 saturated heterocycles. The molecule has 2 aromatic carbocycles. The maximum Gasteiger partial charge on any atom is 0.161 e. The van der Waals surface area contributed by atoms with Gasteiger partial charge in [-0.2, -0.15) is 0 Å². The Labute approximate surface area is 160 Å². The summed E-state index contributed by atoms with van der Waals surface area (Å²) >= 11 is 0. The number of benzene rings is 2. The number of fused-ring (bicyclic) bond motifs is 1. The van der Waals surface area contributed by atoms with Crippen LogP contribution in [-0.4, -0.2) is 25.2 Å². The van der Waals surface area contributed by atoms with Gasteiger partial charge < -0.3 is 32.2 Å². The highest BCUT2D eigenvalue weighted by Crippen LogP contribution is 2.28. The van der Waals surface area contributed by atoms with E-state index in [9.17, 15) is 0 Å². The lowest BCUT2D eigenvalue weighted by atomic mass is 10.1. The van der Waals surface area contributed by atoms with E-state index in [1.54, 1.807) is 13.2 Å². The van der Waals surface area contributed by atoms with Gasteiger partial charge in [0.25, 0.3) is 0 Å². The van der Waals surface area contributed by atoms with Crippen LogP contribution >= 0.6 is 0 Å². The van der Waals surface area contributed by atoms with E-state index in [0.717, 1.165) is 31.0 Å². The van der Waals surface area contributed by atoms with Crippen LogP contribution in [0.5, 0.6) is 11.5 Å². The number of nitrogens with one attached hydrogen (secondary N) is 2. The number of rotatable bonds is 9. The first-order valence-corrected chi connectivity index (χ1v) is 8.48. The molecule has 0 fully saturated rings. The van der Waals surface area contributed by atoms with E-state index < -0.39 is 0 Å². The standard InChI is InChI=1S/C21H24N2O2.ClH/c1-3-12-25-20-9-8-16(13-21(20)24-2)14-22-11-10-17-15-23-19-7-5-4-6-18(17)19;/h3-9,13,15,22-23H,1,10-12,14H2,2H3;1H/p-1. The molecule has 26 heavy (non-hydrogen) atoms. The van der Waals surface area contributed by atoms with Crippen LogP contribution in [0.1, 0.15) is 11.1 Å². The van der Waals surface area contributed by atoms with Gasteiger partial charge in [-0.1, -0.05) is 36.9 Å². The smallest absolute Gasteiger partial charge is 0.161 e. The van der Waals surface area contributed by atoms with E-state index in [-0.39, 0.29) is 12.4 Å². The average molecular weight is 372 g/mol. The molecule has 0 unspecified atom stereocenters. The first-order chi connectivity index (χ1) is 12.3. The molecule has 0 atom stereocenters. The first kappa shape index (κ1) is 19.9. The second-order valence-electron chi connectivity index (χ2n) is 5.87. The van der Waals surface area contributed by atoms with Gasteiger partial charge in [0.15, 0.2) is 11.5 Å². The van der Waals surface area contributed by atoms with Crippen molar-refractivity contribution in [3.8, 4) is 11.5 Å². The molecule has 0 saturated carbocycles. The lowest BCUT2D eigenvalue weighted by Gasteiger charge is -2.11. The topological polar surface area (TPSA) is 46.3 Å². The Morgan fingerprint density at radius 3 is 2.81 bits per heavy atom. The predicted molar refractivity (Wildman–Crippen MR) is 102 cm³/mol. The van der Waals surface area contributed by atoms with Crippen molar-refractivity contribution in [2.24, 2.45) is 0 Å². The van der Waals surface area contributed by atoms with Gasteiger partial charge in [0.2, 0.25) is 0 Å². The number of H-pyrrole nitrogens is 1. The zero-order valence-electron chi connectivity index (χ0n) is 14.9. The molecule has 0 aliphatic carbocycles. The largest absolute Gasteiger partial charge is 1.00 e. The second kappa shape index (κ2) is 9.90. The lowest BCUT2D eigenvalue weighted by molar-refractivity contribution is -0.00000570. The molecule has 1 aromatic heterocycles. The van der Waals surface area contributed by atoms with Crippen molar-refractivity contribution in [3.05, 3.63) is 72.4 Å². The molecule has 1 heterocycles. The molecular formula is C21H24ClN2O2-. The molecule has 138 valence electrons. The van der Waals surface area contributed by atoms with Crippen LogP contribution < -0.4 is 27.2 Å². The Bertz CT molecular complexity index is 845. The Hall–Kier alpha value is -2.43. The van der Waals surface area contributed by atoms with E-state index in [2.05, 4.69) is 53.4 Å². The molecule has 0 radical (unpaired) electrons. The molecule has 2 N–H and O–H groups in total. The summed E-state index contributed by atoms with van der Waals surface area (Å²) in [4.78, 5) is 3.32. The summed E-state index contributed by atoms with van der Waals surface area (Å²) in [6.07, 6.45) is 4.81. The van der Waals surface area contributed by atoms with Gasteiger partial charge in [-0.25, -0.2) is 0 Å². The van der Waals surface area contributed by atoms with Gasteiger partial charge in [0, 0.05) is 23.6 Å². The highest BCUT2D eigenvalue weighted by Gasteiger charge is 2.06. The zero-order valence-corrected chi connectivity index (χ0v) is 15.7. The van der Waals surface area contributed by atoms with Gasteiger partial charge in [0.05, 0.1) is 7.11 Å². The van der Waals surface area contributed by atoms with Gasteiger partial charge in [-0.15, -0.1) is 0 Å². The highest BCUT2D eigenvalue weighted by molar-refractivity contribution is 5.83. The normalized spacial score (nSPS) is 10.3. The summed E-state index contributed by atoms with van der Waals surface area (Å²) in [5, 5.41) is 4.79. The number of aromatic amines is 1. The Morgan fingerprint density at radius 1 is 1.15 bits per heavy atom. The number of hydrogen-bond acceptors (Lipinski definition) is 3. The van der Waals surface area contributed by atoms with Gasteiger partial charge in [-0.3, -0.25) is 0 Å². The molecular weight excluding hydrogens is 348 g/mol. The van der Waals surface area contributed by atoms with Crippen LogP contribution in [0, 0.1) is 0 Å². The molecule has 3 rings (SSSR count). The van der Waals surface area contributed by atoms with Crippen molar-refractivity contribution in [1.82, 2.24) is 10.3 Å². The SMILES string of the molecule is C=CCOc1ccc(CNCCc2c[nH]c3ccccc23)cc1OC.[Cl-]. The highest BCUT2D eigenvalue weighted by atomic mass is 35.5. The summed E-state index contributed by atoms with van der Waals surface area (Å²) in [6.45, 7) is 5.84. The summed E-state index contributed by atoms with van der Waals surface area (Å²) < 4.78 is 11.0. The van der Waals surface area contributed by atoms with Crippen molar-refractivity contribution in [3.63, 3.8) is 0 Å². The third kappa shape index (κ3) is 4.81. The molecule has 4 nitrogen and oxygen atoms in total. The van der Waals surface area contributed by atoms with Crippen molar-refractivity contribution >= 4 is 10.9 Å². The van der Waals surface area contributed by atoms with Crippen molar-refractivity contribution in [2.75, 3.05) is 20.3 Å². The molecule has 0 bridgehead atoms. The van der Waals surface area contributed by atoms with Crippen molar-refractivity contribution in [1.29, 1.82) is 0 Å². The van der Waals surface area contributed by atoms with Gasteiger partial charge in [-0.05, 0) is 42.3 Å². The minimum absolute atomic E-state index is 0. The summed E-state index contributed by atoms with van der Waals surface area (Å²) in [5.41, 5.74) is 3.70. The number of ether oxygens (including phenoxy) is 2. The monoisotopic (exact) mass is 371 g/mol. The van der Waals surface area contributed by atoms with Gasteiger partial charge >= 0.3 is 0 Å². The van der Waals surface area contributed by atoms with Crippen LogP contribution in [0.4, 0.5) is 0 Å². The van der Waals surface area contributed by atoms with Crippen molar-refractivity contribution < 1.29 is 21.9 Å². The molecule has 0 amide bonds. The quantitative estimate of drug-likeness (QED) is 0.437. The lowest BCUT2D eigenvalue weighted by Crippen LogP contribution is -3.00. The van der Waals surface area contributed by atoms with E-state index in [1.165, 1.54) is 22.0 Å². The summed E-state index contributed by atoms with van der Waals surface area (Å²) in [7, 11) is 1.66. The molecule has 0 aliphatic heterocycles. The minimum Gasteiger partial charge on any atom is -1.00 e. The first-order valence-electron chi connectivity index (χ1n) is 8.48. The van der Waals surface area contributed by atoms with E-state index >= 15 is 0 Å². The minimum atomic E-state index is 0. The Morgan fingerprint density at radius 2 is 2.00 bits per heavy atom. The number of methoxy groups -OCH3 is 1. The van der Waals surface area contributed by atoms with Crippen LogP contribution in [0.3, 0.4) is 0 Å². The Balaban J connectivity index is 0.00000243. The number of hydrogen-bond donors (Lipinski definition) is 2. The maximum absolute atomic E-state index is 5.58. The summed E-state index contributed by atoms with van der Waals surface area (Å²) in [6, 6.07) is 14.4. The molecule has 0 aliphatic rings. The fourth-order valence-electron chi connectivity index (χ4n) is 2.88. The fourth-order valence-corrected chi connectivity index (χ4v) is 2.88. The fraction of sp³-hybridized carbons (Fsp3) is 0.238. The van der Waals surface area contributed by atoms with Crippen LogP contribution in [0.2, 0.25) is 0 Å². The molecule has 5 heteroatoms. The van der Waals surface area contributed by atoms with E-state index in [0.29, 0.717) is 6.61 Å². The maximum atomic E-state index is 5.58. The van der Waals surface area contributed by atoms with Crippen molar-refractivity contribution in [2.45, 2.75) is 13.0 Å². The van der Waals surface area contributed by atoms with Crippen LogP contribution in [0.15, 0.2) is 61.3 Å². The van der Waals surface area contributed by atoms with E-state index in [1.807, 2.05) is 12.1 Å². The predicted octanol–water partition coefficient (Wildman–Crippen LogP) is 1.08. The van der Waals surface area contributed by atoms with Crippen LogP contribution in [0.25, 0.3) is 10.9 Å². The Kier molecular flexibility index (Phi) is 7.57. The third-order valence-electron chi connectivity index (χ3n) is 4.16. The number of halogens is 1. The van der Waals surface area contributed by atoms with Gasteiger partial charge in [0.1, 0.15) is 6.61 Å². The molecule has 0 spiro atoms. The number of aromatic nitrogens is 1. The van der Waals surface area contributed by atoms with Crippen LogP contribution in [-0.2, 0) is 13.0 Å². The average Bonchev–Trinajstić information content (AvgIpc) is 3.07. The second-order valence-corrected chi connectivity index (χ2v) is 5.87.